The molecule has 2 heterocycles. The van der Waals surface area contributed by atoms with E-state index < -0.39 is 17.5 Å². The van der Waals surface area contributed by atoms with Crippen LogP contribution in [0.1, 0.15) is 62.2 Å². The number of ether oxygens (including phenoxy) is 1. The van der Waals surface area contributed by atoms with Gasteiger partial charge in [0.15, 0.2) is 0 Å². The Morgan fingerprint density at radius 2 is 1.86 bits per heavy atom. The number of hydrogen-bond acceptors (Lipinski definition) is 5. The van der Waals surface area contributed by atoms with Crippen LogP contribution in [0, 0.1) is 11.3 Å². The minimum atomic E-state index is -0.808. The lowest BCUT2D eigenvalue weighted by molar-refractivity contribution is -0.164. The van der Waals surface area contributed by atoms with E-state index in [1.165, 1.54) is 13.5 Å². The van der Waals surface area contributed by atoms with Crippen LogP contribution in [0.2, 0.25) is 0 Å². The molecule has 2 fully saturated rings. The number of nitrogens with zero attached hydrogens (tertiary/aromatic N) is 2. The first-order chi connectivity index (χ1) is 17.5. The largest absolute Gasteiger partial charge is 0.469 e. The van der Waals surface area contributed by atoms with Crippen LogP contribution in [-0.2, 0) is 20.7 Å². The lowest BCUT2D eigenvalue weighted by Crippen LogP contribution is -2.53. The van der Waals surface area contributed by atoms with E-state index in [2.05, 4.69) is 20.6 Å². The smallest absolute Gasteiger partial charge is 0.315 e. The zero-order valence-corrected chi connectivity index (χ0v) is 21.0. The van der Waals surface area contributed by atoms with Gasteiger partial charge in [0, 0.05) is 32.3 Å². The van der Waals surface area contributed by atoms with E-state index in [1.807, 2.05) is 30.3 Å². The van der Waals surface area contributed by atoms with Crippen LogP contribution in [0.15, 0.2) is 42.9 Å². The third-order valence-electron chi connectivity index (χ3n) is 7.82. The van der Waals surface area contributed by atoms with Crippen LogP contribution in [0.5, 0.6) is 0 Å². The number of H-pyrrole nitrogens is 1. The van der Waals surface area contributed by atoms with Crippen LogP contribution in [0.3, 0.4) is 0 Å². The first kappa shape index (κ1) is 25.7. The van der Waals surface area contributed by atoms with Crippen molar-refractivity contribution in [3.8, 4) is 0 Å². The number of imidazole rings is 1. The average molecular weight is 496 g/mol. The molecule has 1 unspecified atom stereocenters. The molecule has 1 saturated carbocycles. The summed E-state index contributed by atoms with van der Waals surface area (Å²) >= 11 is 0. The predicted molar refractivity (Wildman–Crippen MR) is 135 cm³/mol. The highest BCUT2D eigenvalue weighted by atomic mass is 16.5. The summed E-state index contributed by atoms with van der Waals surface area (Å²) in [4.78, 5) is 48.2. The lowest BCUT2D eigenvalue weighted by atomic mass is 9.63. The van der Waals surface area contributed by atoms with Crippen LogP contribution in [0.25, 0.3) is 0 Å². The fourth-order valence-electron chi connectivity index (χ4n) is 5.79. The maximum absolute atomic E-state index is 13.7. The Labute approximate surface area is 212 Å². The zero-order valence-electron chi connectivity index (χ0n) is 21.0. The summed E-state index contributed by atoms with van der Waals surface area (Å²) in [7, 11) is 1.46. The van der Waals surface area contributed by atoms with Crippen LogP contribution in [-0.4, -0.2) is 59.5 Å². The van der Waals surface area contributed by atoms with Crippen molar-refractivity contribution < 1.29 is 19.1 Å². The van der Waals surface area contributed by atoms with Crippen LogP contribution < -0.4 is 10.6 Å². The van der Waals surface area contributed by atoms with Gasteiger partial charge in [-0.3, -0.25) is 9.59 Å². The molecule has 1 atom stereocenters. The predicted octanol–water partition coefficient (Wildman–Crippen LogP) is 3.35. The number of methoxy groups -OCH3 is 1. The molecule has 1 aliphatic heterocycles. The number of rotatable bonds is 8. The first-order valence-corrected chi connectivity index (χ1v) is 13.0. The second-order valence-corrected chi connectivity index (χ2v) is 9.86. The summed E-state index contributed by atoms with van der Waals surface area (Å²) in [6, 6.07) is 8.06. The Hall–Kier alpha value is -3.36. The van der Waals surface area contributed by atoms with Crippen molar-refractivity contribution in [1.29, 1.82) is 0 Å². The van der Waals surface area contributed by atoms with Crippen molar-refractivity contribution in [2.24, 2.45) is 11.3 Å². The van der Waals surface area contributed by atoms with Gasteiger partial charge in [-0.25, -0.2) is 9.78 Å². The van der Waals surface area contributed by atoms with E-state index in [4.69, 9.17) is 4.74 Å². The standard InChI is InChI=1S/C27H37N5O4/c1-36-25(34)27(21-10-6-3-7-11-21)13-16-32(17-14-27)24(33)23(20-8-4-2-5-9-20)31-26(35)29-15-12-22-18-28-19-30-22/h2,4-5,8-9,18-19,21,23H,3,6-7,10-17H2,1H3,(H,28,30)(H2,29,31,35). The Balaban J connectivity index is 1.42. The Bertz CT molecular complexity index is 996. The fourth-order valence-corrected chi connectivity index (χ4v) is 5.79. The number of carbonyl (C=O) groups excluding carboxylic acids is 3. The van der Waals surface area contributed by atoms with E-state index in [0.29, 0.717) is 44.8 Å². The molecule has 9 heteroatoms. The molecule has 36 heavy (non-hydrogen) atoms. The number of nitrogens with one attached hydrogen (secondary N) is 3. The second-order valence-electron chi connectivity index (χ2n) is 9.86. The summed E-state index contributed by atoms with van der Waals surface area (Å²) in [6.07, 6.45) is 10.7. The van der Waals surface area contributed by atoms with Gasteiger partial charge in [-0.15, -0.1) is 0 Å². The Morgan fingerprint density at radius 3 is 2.50 bits per heavy atom. The molecular weight excluding hydrogens is 458 g/mol. The number of amides is 3. The van der Waals surface area contributed by atoms with Gasteiger partial charge < -0.3 is 25.3 Å². The molecule has 4 rings (SSSR count). The molecule has 1 aromatic heterocycles. The van der Waals surface area contributed by atoms with Crippen molar-refractivity contribution in [1.82, 2.24) is 25.5 Å². The molecule has 2 aliphatic rings. The molecule has 3 N–H and O–H groups in total. The number of aromatic amines is 1. The first-order valence-electron chi connectivity index (χ1n) is 13.0. The fraction of sp³-hybridized carbons (Fsp3) is 0.556. The van der Waals surface area contributed by atoms with Gasteiger partial charge >= 0.3 is 12.0 Å². The lowest BCUT2D eigenvalue weighted by Gasteiger charge is -2.46. The van der Waals surface area contributed by atoms with Gasteiger partial charge in [-0.05, 0) is 37.2 Å². The van der Waals surface area contributed by atoms with Crippen molar-refractivity contribution in [2.45, 2.75) is 57.4 Å². The molecule has 3 amide bonds. The topological polar surface area (TPSA) is 116 Å². The molecule has 9 nitrogen and oxygen atoms in total. The van der Waals surface area contributed by atoms with E-state index in [1.54, 1.807) is 17.4 Å². The highest BCUT2D eigenvalue weighted by Crippen LogP contribution is 2.47. The number of aromatic nitrogens is 2. The van der Waals surface area contributed by atoms with Crippen molar-refractivity contribution in [3.05, 3.63) is 54.1 Å². The molecular formula is C27H37N5O4. The normalized spacial score (nSPS) is 18.8. The van der Waals surface area contributed by atoms with E-state index in [-0.39, 0.29) is 11.9 Å². The number of likely N-dealkylation sites (tertiary alicyclic amines) is 1. The minimum absolute atomic E-state index is 0.143. The summed E-state index contributed by atoms with van der Waals surface area (Å²) in [5.41, 5.74) is 1.05. The number of esters is 1. The molecule has 1 aliphatic carbocycles. The van der Waals surface area contributed by atoms with Gasteiger partial charge in [-0.1, -0.05) is 49.6 Å². The Kier molecular flexibility index (Phi) is 8.61. The molecule has 0 bridgehead atoms. The van der Waals surface area contributed by atoms with Crippen molar-refractivity contribution in [2.75, 3.05) is 26.7 Å². The third-order valence-corrected chi connectivity index (χ3v) is 7.82. The van der Waals surface area contributed by atoms with Crippen molar-refractivity contribution in [3.63, 3.8) is 0 Å². The van der Waals surface area contributed by atoms with Gasteiger partial charge in [0.25, 0.3) is 0 Å². The number of hydrogen-bond donors (Lipinski definition) is 3. The second kappa shape index (κ2) is 12.1. The maximum Gasteiger partial charge on any atom is 0.315 e. The maximum atomic E-state index is 13.7. The van der Waals surface area contributed by atoms with E-state index in [9.17, 15) is 14.4 Å². The highest BCUT2D eigenvalue weighted by Gasteiger charge is 2.49. The summed E-state index contributed by atoms with van der Waals surface area (Å²) < 4.78 is 5.26. The number of benzene rings is 1. The Morgan fingerprint density at radius 1 is 1.14 bits per heavy atom. The van der Waals surface area contributed by atoms with Crippen molar-refractivity contribution >= 4 is 17.9 Å². The van der Waals surface area contributed by atoms with Crippen LogP contribution in [0.4, 0.5) is 4.79 Å². The van der Waals surface area contributed by atoms with E-state index >= 15 is 0 Å². The van der Waals surface area contributed by atoms with Gasteiger partial charge in [-0.2, -0.15) is 0 Å². The number of urea groups is 1. The molecule has 1 aromatic carbocycles. The third kappa shape index (κ3) is 5.88. The quantitative estimate of drug-likeness (QED) is 0.486. The monoisotopic (exact) mass is 495 g/mol. The zero-order chi connectivity index (χ0) is 25.4. The molecule has 194 valence electrons. The molecule has 2 aromatic rings. The van der Waals surface area contributed by atoms with Crippen LogP contribution >= 0.6 is 0 Å². The van der Waals surface area contributed by atoms with E-state index in [0.717, 1.165) is 36.9 Å². The molecule has 0 spiro atoms. The van der Waals surface area contributed by atoms with Gasteiger partial charge in [0.1, 0.15) is 6.04 Å². The highest BCUT2D eigenvalue weighted by molar-refractivity contribution is 5.88. The minimum Gasteiger partial charge on any atom is -0.469 e. The number of carbonyl (C=O) groups is 3. The summed E-state index contributed by atoms with van der Waals surface area (Å²) in [5, 5.41) is 5.69. The summed E-state index contributed by atoms with van der Waals surface area (Å²) in [5.74, 6) is 0.000534. The SMILES string of the molecule is COC(=O)C1(C2CCCCC2)CCN(C(=O)C(NC(=O)NCCc2c[nH]cn2)c2ccccc2)CC1. The average Bonchev–Trinajstić information content (AvgIpc) is 3.45. The van der Waals surface area contributed by atoms with Gasteiger partial charge in [0.05, 0.1) is 24.5 Å². The number of piperidine rings is 1. The molecule has 1 saturated heterocycles. The van der Waals surface area contributed by atoms with Gasteiger partial charge in [0.2, 0.25) is 5.91 Å². The summed E-state index contributed by atoms with van der Waals surface area (Å²) in [6.45, 7) is 1.34. The molecule has 0 radical (unpaired) electrons.